The maximum atomic E-state index is 12.1. The van der Waals surface area contributed by atoms with Crippen LogP contribution < -0.4 is 9.47 Å². The molecule has 1 aromatic carbocycles. The molecule has 0 aliphatic heterocycles. The first-order chi connectivity index (χ1) is 9.62. The molecule has 0 aromatic heterocycles. The summed E-state index contributed by atoms with van der Waals surface area (Å²) in [6, 6.07) is 3.40. The second-order valence-corrected chi connectivity index (χ2v) is 4.87. The van der Waals surface area contributed by atoms with Crippen LogP contribution in [0.3, 0.4) is 0 Å². The number of halogens is 1. The fourth-order valence-corrected chi connectivity index (χ4v) is 2.46. The molecule has 0 aliphatic rings. The Labute approximate surface area is 120 Å². The fourth-order valence-electron chi connectivity index (χ4n) is 1.51. The highest BCUT2D eigenvalue weighted by molar-refractivity contribution is 7.99. The van der Waals surface area contributed by atoms with Crippen molar-refractivity contribution in [2.75, 3.05) is 26.6 Å². The Morgan fingerprint density at radius 3 is 2.60 bits per heavy atom. The molecule has 0 bridgehead atoms. The molecule has 0 fully saturated rings. The molecule has 0 radical (unpaired) electrons. The maximum absolute atomic E-state index is 12.1. The lowest BCUT2D eigenvalue weighted by Gasteiger charge is -2.12. The van der Waals surface area contributed by atoms with Crippen molar-refractivity contribution in [3.05, 3.63) is 34.0 Å². The molecular weight excluding hydrogens is 285 g/mol. The molecule has 110 valence electrons. The zero-order chi connectivity index (χ0) is 15.0. The van der Waals surface area contributed by atoms with Crippen LogP contribution in [0.1, 0.15) is 12.0 Å². The van der Waals surface area contributed by atoms with Gasteiger partial charge in [-0.25, -0.2) is 0 Å². The number of nitro groups is 1. The number of thioether (sulfide) groups is 1. The largest absolute Gasteiger partial charge is 0.496 e. The number of nitrogens with zero attached hydrogens (tertiary/aromatic N) is 1. The second kappa shape index (κ2) is 8.42. The van der Waals surface area contributed by atoms with Gasteiger partial charge in [0, 0.05) is 17.4 Å². The monoisotopic (exact) mass is 301 g/mol. The number of hydrogen-bond donors (Lipinski definition) is 0. The molecule has 0 saturated heterocycles. The summed E-state index contributed by atoms with van der Waals surface area (Å²) in [5.41, 5.74) is 0.552. The van der Waals surface area contributed by atoms with Gasteiger partial charge in [0.15, 0.2) is 0 Å². The van der Waals surface area contributed by atoms with Crippen molar-refractivity contribution < 1.29 is 18.8 Å². The lowest BCUT2D eigenvalue weighted by molar-refractivity contribution is -0.400. The number of benzene rings is 1. The Hall–Kier alpha value is -1.76. The molecule has 0 saturated carbocycles. The normalized spacial score (nSPS) is 10.8. The number of ether oxygens (including phenoxy) is 2. The third kappa shape index (κ3) is 4.73. The van der Waals surface area contributed by atoms with E-state index in [1.54, 1.807) is 12.1 Å². The standard InChI is InChI=1S/C13H16FNO4S/c1-18-11-9-13(20-7-3-5-14)12(19-2)8-10(11)4-6-15(16)17/h4,6,8-9H,3,5,7H2,1-2H3. The van der Waals surface area contributed by atoms with Gasteiger partial charge in [0.1, 0.15) is 11.5 Å². The molecule has 0 amide bonds. The molecule has 0 aliphatic carbocycles. The molecule has 0 atom stereocenters. The summed E-state index contributed by atoms with van der Waals surface area (Å²) in [6.45, 7) is -0.365. The highest BCUT2D eigenvalue weighted by Gasteiger charge is 2.11. The van der Waals surface area contributed by atoms with Gasteiger partial charge in [0.05, 0.1) is 30.7 Å². The molecule has 0 heterocycles. The van der Waals surface area contributed by atoms with Crippen molar-refractivity contribution in [1.29, 1.82) is 0 Å². The quantitative estimate of drug-likeness (QED) is 0.319. The molecule has 0 N–H and O–H groups in total. The van der Waals surface area contributed by atoms with Crippen LogP contribution in [-0.4, -0.2) is 31.6 Å². The SMILES string of the molecule is COc1cc(SCCCF)c(OC)cc1C=C[N+](=O)[O-]. The van der Waals surface area contributed by atoms with E-state index in [1.165, 1.54) is 32.1 Å². The number of alkyl halides is 1. The van der Waals surface area contributed by atoms with Crippen molar-refractivity contribution in [2.45, 2.75) is 11.3 Å². The van der Waals surface area contributed by atoms with Gasteiger partial charge in [-0.15, -0.1) is 11.8 Å². The van der Waals surface area contributed by atoms with Crippen LogP contribution in [0.2, 0.25) is 0 Å². The van der Waals surface area contributed by atoms with Crippen LogP contribution in [0.4, 0.5) is 4.39 Å². The molecule has 20 heavy (non-hydrogen) atoms. The average molecular weight is 301 g/mol. The van der Waals surface area contributed by atoms with Crippen LogP contribution in [0.15, 0.2) is 23.2 Å². The average Bonchev–Trinajstić information content (AvgIpc) is 2.45. The Bertz CT molecular complexity index is 494. The smallest absolute Gasteiger partial charge is 0.235 e. The Morgan fingerprint density at radius 2 is 2.05 bits per heavy atom. The minimum Gasteiger partial charge on any atom is -0.496 e. The summed E-state index contributed by atoms with van der Waals surface area (Å²) in [5, 5.41) is 10.4. The second-order valence-electron chi connectivity index (χ2n) is 3.74. The van der Waals surface area contributed by atoms with Gasteiger partial charge in [-0.3, -0.25) is 14.5 Å². The van der Waals surface area contributed by atoms with E-state index in [4.69, 9.17) is 9.47 Å². The van der Waals surface area contributed by atoms with E-state index in [1.807, 2.05) is 0 Å². The predicted molar refractivity (Wildman–Crippen MR) is 76.9 cm³/mol. The fraction of sp³-hybridized carbons (Fsp3) is 0.385. The number of methoxy groups -OCH3 is 2. The van der Waals surface area contributed by atoms with E-state index >= 15 is 0 Å². The highest BCUT2D eigenvalue weighted by Crippen LogP contribution is 2.36. The molecular formula is C13H16FNO4S. The van der Waals surface area contributed by atoms with Crippen molar-refractivity contribution in [1.82, 2.24) is 0 Å². The van der Waals surface area contributed by atoms with Crippen LogP contribution >= 0.6 is 11.8 Å². The van der Waals surface area contributed by atoms with Crippen molar-refractivity contribution >= 4 is 17.8 Å². The molecule has 1 aromatic rings. The minimum absolute atomic E-state index is 0.365. The van der Waals surface area contributed by atoms with E-state index in [2.05, 4.69) is 0 Å². The van der Waals surface area contributed by atoms with Crippen molar-refractivity contribution in [3.63, 3.8) is 0 Å². The lowest BCUT2D eigenvalue weighted by atomic mass is 10.2. The van der Waals surface area contributed by atoms with Gasteiger partial charge in [0.25, 0.3) is 0 Å². The van der Waals surface area contributed by atoms with Gasteiger partial charge in [-0.05, 0) is 18.6 Å². The predicted octanol–water partition coefficient (Wildman–Crippen LogP) is 3.40. The van der Waals surface area contributed by atoms with E-state index < -0.39 is 4.92 Å². The van der Waals surface area contributed by atoms with Gasteiger partial charge >= 0.3 is 0 Å². The summed E-state index contributed by atoms with van der Waals surface area (Å²) in [6.07, 6.45) is 2.64. The zero-order valence-corrected chi connectivity index (χ0v) is 12.1. The maximum Gasteiger partial charge on any atom is 0.235 e. The van der Waals surface area contributed by atoms with E-state index in [0.29, 0.717) is 29.2 Å². The Morgan fingerprint density at radius 1 is 1.35 bits per heavy atom. The van der Waals surface area contributed by atoms with Crippen molar-refractivity contribution in [2.24, 2.45) is 0 Å². The summed E-state index contributed by atoms with van der Waals surface area (Å²) < 4.78 is 22.6. The van der Waals surface area contributed by atoms with E-state index in [-0.39, 0.29) is 6.67 Å². The van der Waals surface area contributed by atoms with E-state index in [0.717, 1.165) is 11.1 Å². The number of rotatable bonds is 8. The topological polar surface area (TPSA) is 61.6 Å². The van der Waals surface area contributed by atoms with Gasteiger partial charge in [0.2, 0.25) is 6.20 Å². The Balaban J connectivity index is 3.06. The highest BCUT2D eigenvalue weighted by atomic mass is 32.2. The summed E-state index contributed by atoms with van der Waals surface area (Å²) in [5.74, 6) is 1.71. The summed E-state index contributed by atoms with van der Waals surface area (Å²) in [7, 11) is 3.00. The summed E-state index contributed by atoms with van der Waals surface area (Å²) >= 11 is 1.46. The zero-order valence-electron chi connectivity index (χ0n) is 11.3. The number of hydrogen-bond acceptors (Lipinski definition) is 5. The molecule has 1 rings (SSSR count). The van der Waals surface area contributed by atoms with Gasteiger partial charge < -0.3 is 9.47 Å². The first-order valence-corrected chi connectivity index (χ1v) is 6.87. The molecule has 0 unspecified atom stereocenters. The van der Waals surface area contributed by atoms with Crippen molar-refractivity contribution in [3.8, 4) is 11.5 Å². The van der Waals surface area contributed by atoms with Gasteiger partial charge in [-0.2, -0.15) is 0 Å². The third-order valence-electron chi connectivity index (χ3n) is 2.43. The lowest BCUT2D eigenvalue weighted by Crippen LogP contribution is -1.94. The van der Waals surface area contributed by atoms with Crippen LogP contribution in [0.25, 0.3) is 6.08 Å². The first-order valence-electron chi connectivity index (χ1n) is 5.88. The molecule has 5 nitrogen and oxygen atoms in total. The minimum atomic E-state index is -0.546. The van der Waals surface area contributed by atoms with Crippen LogP contribution in [-0.2, 0) is 0 Å². The summed E-state index contributed by atoms with van der Waals surface area (Å²) in [4.78, 5) is 10.6. The van der Waals surface area contributed by atoms with Crippen LogP contribution in [0, 0.1) is 10.1 Å². The van der Waals surface area contributed by atoms with E-state index in [9.17, 15) is 14.5 Å². The molecule has 0 spiro atoms. The third-order valence-corrected chi connectivity index (χ3v) is 3.55. The Kier molecular flexibility index (Phi) is 6.86. The van der Waals surface area contributed by atoms with Gasteiger partial charge in [-0.1, -0.05) is 0 Å². The molecule has 7 heteroatoms. The first kappa shape index (κ1) is 16.3. The van der Waals surface area contributed by atoms with Crippen LogP contribution in [0.5, 0.6) is 11.5 Å².